The fraction of sp³-hybridized carbons (Fsp3) is 0.630. The summed E-state index contributed by atoms with van der Waals surface area (Å²) < 4.78 is 5.32. The molecule has 0 aliphatic heterocycles. The molecule has 1 aliphatic carbocycles. The number of nitrogens with zero attached hydrogens (tertiary/aromatic N) is 1. The summed E-state index contributed by atoms with van der Waals surface area (Å²) in [6, 6.07) is 3.30. The van der Waals surface area contributed by atoms with Crippen molar-refractivity contribution in [1.82, 2.24) is 15.5 Å². The van der Waals surface area contributed by atoms with Gasteiger partial charge in [0.25, 0.3) is 0 Å². The molecule has 1 aromatic carbocycles. The molecule has 9 nitrogen and oxygen atoms in total. The van der Waals surface area contributed by atoms with Gasteiger partial charge in [0.2, 0.25) is 17.7 Å². The maximum Gasteiger partial charge on any atom is 0.408 e. The number of hydrogen-bond donors (Lipinski definition) is 3. The van der Waals surface area contributed by atoms with Crippen LogP contribution in [0, 0.1) is 19.8 Å². The average Bonchev–Trinajstić information content (AvgIpc) is 3.39. The van der Waals surface area contributed by atoms with Crippen LogP contribution >= 0.6 is 0 Å². The van der Waals surface area contributed by atoms with Crippen LogP contribution in [0.5, 0.6) is 0 Å². The first-order chi connectivity index (χ1) is 16.4. The van der Waals surface area contributed by atoms with Crippen LogP contribution in [-0.2, 0) is 19.1 Å². The Hall–Kier alpha value is -3.10. The van der Waals surface area contributed by atoms with Crippen LogP contribution in [0.4, 0.5) is 4.79 Å². The van der Waals surface area contributed by atoms with Crippen molar-refractivity contribution in [3.8, 4) is 0 Å². The molecule has 1 saturated carbocycles. The molecular formula is C27H42N4O5. The Balaban J connectivity index is 2.58. The van der Waals surface area contributed by atoms with Crippen LogP contribution < -0.4 is 16.4 Å². The molecule has 4 amide bonds. The Kier molecular flexibility index (Phi) is 8.81. The highest BCUT2D eigenvalue weighted by Crippen LogP contribution is 2.41. The second kappa shape index (κ2) is 10.9. The number of primary amides is 1. The van der Waals surface area contributed by atoms with Gasteiger partial charge in [-0.05, 0) is 78.9 Å². The van der Waals surface area contributed by atoms with E-state index in [9.17, 15) is 19.2 Å². The highest BCUT2D eigenvalue weighted by molar-refractivity contribution is 5.95. The number of aryl methyl sites for hydroxylation is 2. The Labute approximate surface area is 214 Å². The fourth-order valence-electron chi connectivity index (χ4n) is 4.11. The van der Waals surface area contributed by atoms with Crippen molar-refractivity contribution in [1.29, 1.82) is 0 Å². The van der Waals surface area contributed by atoms with Crippen molar-refractivity contribution >= 4 is 23.8 Å². The summed E-state index contributed by atoms with van der Waals surface area (Å²) in [5.74, 6) is -1.49. The minimum absolute atomic E-state index is 0.153. The zero-order chi connectivity index (χ0) is 27.6. The van der Waals surface area contributed by atoms with E-state index >= 15 is 0 Å². The van der Waals surface area contributed by atoms with E-state index in [1.54, 1.807) is 20.8 Å². The number of carbonyl (C=O) groups is 4. The molecule has 4 atom stereocenters. The van der Waals surface area contributed by atoms with Crippen LogP contribution in [0.1, 0.15) is 84.0 Å². The van der Waals surface area contributed by atoms with Gasteiger partial charge in [-0.15, -0.1) is 0 Å². The lowest BCUT2D eigenvalue weighted by Gasteiger charge is -2.37. The van der Waals surface area contributed by atoms with Gasteiger partial charge in [0.1, 0.15) is 17.7 Å². The lowest BCUT2D eigenvalue weighted by Crippen LogP contribution is -2.56. The van der Waals surface area contributed by atoms with Gasteiger partial charge in [0.15, 0.2) is 0 Å². The summed E-state index contributed by atoms with van der Waals surface area (Å²) in [6.45, 7) is 16.5. The largest absolute Gasteiger partial charge is 0.444 e. The molecule has 1 aromatic rings. The van der Waals surface area contributed by atoms with Gasteiger partial charge in [0, 0.05) is 11.6 Å². The van der Waals surface area contributed by atoms with Crippen molar-refractivity contribution in [3.63, 3.8) is 0 Å². The van der Waals surface area contributed by atoms with E-state index < -0.39 is 47.6 Å². The van der Waals surface area contributed by atoms with Gasteiger partial charge >= 0.3 is 6.09 Å². The van der Waals surface area contributed by atoms with Gasteiger partial charge in [-0.2, -0.15) is 0 Å². The number of ether oxygens (including phenoxy) is 1. The quantitative estimate of drug-likeness (QED) is 0.502. The van der Waals surface area contributed by atoms with Crippen LogP contribution in [0.3, 0.4) is 0 Å². The second-order valence-corrected chi connectivity index (χ2v) is 11.9. The lowest BCUT2D eigenvalue weighted by atomic mass is 9.94. The number of hydrogen-bond acceptors (Lipinski definition) is 5. The minimum Gasteiger partial charge on any atom is -0.444 e. The molecule has 0 bridgehead atoms. The van der Waals surface area contributed by atoms with E-state index in [0.29, 0.717) is 12.0 Å². The summed E-state index contributed by atoms with van der Waals surface area (Å²) in [4.78, 5) is 53.8. The molecule has 1 fully saturated rings. The van der Waals surface area contributed by atoms with Crippen LogP contribution in [0.2, 0.25) is 0 Å². The summed E-state index contributed by atoms with van der Waals surface area (Å²) >= 11 is 0. The van der Waals surface area contributed by atoms with Crippen molar-refractivity contribution in [2.24, 2.45) is 11.7 Å². The van der Waals surface area contributed by atoms with Crippen LogP contribution in [-0.4, -0.2) is 51.9 Å². The van der Waals surface area contributed by atoms with Crippen molar-refractivity contribution in [3.05, 3.63) is 34.9 Å². The summed E-state index contributed by atoms with van der Waals surface area (Å²) in [5.41, 5.74) is 6.59. The van der Waals surface area contributed by atoms with E-state index in [1.165, 1.54) is 4.90 Å². The van der Waals surface area contributed by atoms with Crippen molar-refractivity contribution in [2.75, 3.05) is 0 Å². The Morgan fingerprint density at radius 2 is 1.69 bits per heavy atom. The third-order valence-electron chi connectivity index (χ3n) is 5.83. The van der Waals surface area contributed by atoms with Gasteiger partial charge in [-0.25, -0.2) is 4.79 Å². The number of alkyl carbamates (subject to hydrolysis) is 1. The van der Waals surface area contributed by atoms with E-state index in [2.05, 4.69) is 10.6 Å². The van der Waals surface area contributed by atoms with E-state index in [1.807, 2.05) is 59.7 Å². The monoisotopic (exact) mass is 502 g/mol. The molecule has 0 saturated heterocycles. The highest BCUT2D eigenvalue weighted by Gasteiger charge is 2.49. The minimum atomic E-state index is -1.28. The predicted molar refractivity (Wildman–Crippen MR) is 138 cm³/mol. The molecule has 0 radical (unpaired) electrons. The highest BCUT2D eigenvalue weighted by atomic mass is 16.6. The average molecular weight is 503 g/mol. The number of benzene rings is 1. The van der Waals surface area contributed by atoms with Gasteiger partial charge < -0.3 is 26.0 Å². The summed E-state index contributed by atoms with van der Waals surface area (Å²) in [6.07, 6.45) is -0.560. The number of nitrogens with two attached hydrogens (primary N) is 1. The lowest BCUT2D eigenvalue weighted by molar-refractivity contribution is -0.144. The van der Waals surface area contributed by atoms with Crippen LogP contribution in [0.15, 0.2) is 18.2 Å². The first-order valence-electron chi connectivity index (χ1n) is 12.4. The fourth-order valence-corrected chi connectivity index (χ4v) is 4.11. The summed E-state index contributed by atoms with van der Waals surface area (Å²) in [5, 5.41) is 5.53. The van der Waals surface area contributed by atoms with Crippen LogP contribution in [0.25, 0.3) is 0 Å². The van der Waals surface area contributed by atoms with E-state index in [0.717, 1.165) is 11.1 Å². The molecule has 200 valence electrons. The zero-order valence-electron chi connectivity index (χ0n) is 23.0. The molecule has 0 heterocycles. The number of rotatable bonds is 8. The topological polar surface area (TPSA) is 131 Å². The van der Waals surface area contributed by atoms with Crippen molar-refractivity contribution in [2.45, 2.75) is 104 Å². The Morgan fingerprint density at radius 3 is 2.17 bits per heavy atom. The molecule has 4 unspecified atom stereocenters. The number of nitrogens with one attached hydrogen (secondary N) is 2. The molecule has 36 heavy (non-hydrogen) atoms. The number of amides is 4. The molecular weight excluding hydrogens is 460 g/mol. The van der Waals surface area contributed by atoms with Crippen molar-refractivity contribution < 1.29 is 23.9 Å². The smallest absolute Gasteiger partial charge is 0.408 e. The first kappa shape index (κ1) is 29.1. The molecule has 4 N–H and O–H groups in total. The summed E-state index contributed by atoms with van der Waals surface area (Å²) in [7, 11) is 0. The van der Waals surface area contributed by atoms with E-state index in [-0.39, 0.29) is 17.9 Å². The van der Waals surface area contributed by atoms with Gasteiger partial charge in [-0.1, -0.05) is 30.7 Å². The third-order valence-corrected chi connectivity index (χ3v) is 5.83. The Bertz CT molecular complexity index is 1010. The molecule has 9 heteroatoms. The molecule has 1 aliphatic rings. The maximum atomic E-state index is 14.1. The van der Waals surface area contributed by atoms with E-state index in [4.69, 9.17) is 10.5 Å². The molecule has 0 spiro atoms. The van der Waals surface area contributed by atoms with Gasteiger partial charge in [0.05, 0.1) is 6.42 Å². The first-order valence-corrected chi connectivity index (χ1v) is 12.4. The predicted octanol–water partition coefficient (Wildman–Crippen LogP) is 3.26. The van der Waals surface area contributed by atoms with Gasteiger partial charge in [-0.3, -0.25) is 14.4 Å². The molecule has 2 rings (SSSR count). The Morgan fingerprint density at radius 1 is 1.11 bits per heavy atom. The second-order valence-electron chi connectivity index (χ2n) is 11.9. The SMILES string of the molecule is Cc1ccc(C)c(C(C(=O)NC(C)(C)C)N(C(=O)C(CC(N)=O)NC(=O)OC(C)(C)C)C2CC2C)c1. The standard InChI is InChI=1S/C27H42N4O5/c1-15-10-11-16(2)18(12-15)22(23(33)30-26(4,5)6)31(20-13-17(20)3)24(34)19(14-21(28)32)29-25(35)36-27(7,8)9/h10-12,17,19-20,22H,13-14H2,1-9H3,(H2,28,32)(H,29,35)(H,30,33). The molecule has 0 aromatic heterocycles. The normalized spacial score (nSPS) is 19.0. The zero-order valence-corrected chi connectivity index (χ0v) is 23.0. The third kappa shape index (κ3) is 8.24. The number of carbonyl (C=O) groups excluding carboxylic acids is 4. The maximum absolute atomic E-state index is 14.1.